The molecule has 1 unspecified atom stereocenters. The first-order chi connectivity index (χ1) is 7.10. The second kappa shape index (κ2) is 4.09. The molecule has 0 aromatic carbocycles. The highest BCUT2D eigenvalue weighted by molar-refractivity contribution is 5.83. The van der Waals surface area contributed by atoms with Crippen LogP contribution in [0.5, 0.6) is 0 Å². The van der Waals surface area contributed by atoms with Gasteiger partial charge in [-0.1, -0.05) is 20.8 Å². The Morgan fingerprint density at radius 3 is 2.38 bits per heavy atom. The minimum atomic E-state index is -0.946. The number of aliphatic hydroxyl groups is 1. The maximum Gasteiger partial charge on any atom is 0.337 e. The van der Waals surface area contributed by atoms with E-state index < -0.39 is 17.9 Å². The van der Waals surface area contributed by atoms with Gasteiger partial charge < -0.3 is 14.6 Å². The lowest BCUT2D eigenvalue weighted by atomic mass is 9.86. The van der Waals surface area contributed by atoms with Crippen LogP contribution in [0.4, 0.5) is 0 Å². The molecule has 1 heterocycles. The first kappa shape index (κ1) is 13.0. The molecule has 0 aromatic rings. The summed E-state index contributed by atoms with van der Waals surface area (Å²) in [4.78, 5) is 11.3. The molecule has 92 valence electrons. The molecule has 1 N–H and O–H groups in total. The monoisotopic (exact) mass is 228 g/mol. The molecule has 0 spiro atoms. The number of hydrogen-bond donors (Lipinski definition) is 1. The van der Waals surface area contributed by atoms with Crippen molar-refractivity contribution in [2.24, 2.45) is 5.41 Å². The van der Waals surface area contributed by atoms with Crippen molar-refractivity contribution in [3.63, 3.8) is 0 Å². The number of hydrogen-bond acceptors (Lipinski definition) is 4. The summed E-state index contributed by atoms with van der Waals surface area (Å²) in [5.74, 6) is -0.894. The summed E-state index contributed by atoms with van der Waals surface area (Å²) in [6.45, 7) is 9.14. The van der Waals surface area contributed by atoms with Gasteiger partial charge in [0, 0.05) is 20.3 Å². The normalized spacial score (nSPS) is 21.9. The fourth-order valence-electron chi connectivity index (χ4n) is 1.37. The van der Waals surface area contributed by atoms with Crippen LogP contribution in [0.15, 0.2) is 11.8 Å². The van der Waals surface area contributed by atoms with Crippen LogP contribution in [0.2, 0.25) is 0 Å². The Labute approximate surface area is 96.2 Å². The van der Waals surface area contributed by atoms with Gasteiger partial charge in [-0.3, -0.25) is 0 Å². The molecule has 1 rings (SSSR count). The van der Waals surface area contributed by atoms with Crippen LogP contribution in [0.25, 0.3) is 0 Å². The Kier molecular flexibility index (Phi) is 3.33. The third-order valence-corrected chi connectivity index (χ3v) is 2.40. The lowest BCUT2D eigenvalue weighted by Gasteiger charge is -2.33. The quantitative estimate of drug-likeness (QED) is 0.734. The Balaban J connectivity index is 2.72. The van der Waals surface area contributed by atoms with Gasteiger partial charge in [0.2, 0.25) is 5.79 Å². The molecule has 0 saturated carbocycles. The van der Waals surface area contributed by atoms with E-state index in [-0.39, 0.29) is 5.41 Å². The summed E-state index contributed by atoms with van der Waals surface area (Å²) in [5.41, 5.74) is -0.240. The van der Waals surface area contributed by atoms with Crippen LogP contribution in [0, 0.1) is 5.41 Å². The van der Waals surface area contributed by atoms with E-state index in [2.05, 4.69) is 0 Å². The van der Waals surface area contributed by atoms with E-state index in [0.717, 1.165) is 0 Å². The third-order valence-electron chi connectivity index (χ3n) is 2.40. The highest BCUT2D eigenvalue weighted by Gasteiger charge is 2.32. The van der Waals surface area contributed by atoms with Crippen LogP contribution in [-0.4, -0.2) is 23.0 Å². The molecule has 4 nitrogen and oxygen atoms in total. The largest absolute Gasteiger partial charge is 0.457 e. The number of carbonyl (C=O) groups is 1. The van der Waals surface area contributed by atoms with Crippen LogP contribution >= 0.6 is 0 Å². The molecule has 1 atom stereocenters. The molecule has 0 amide bonds. The minimum absolute atomic E-state index is 0.240. The van der Waals surface area contributed by atoms with Crippen molar-refractivity contribution in [3.05, 3.63) is 11.8 Å². The highest BCUT2D eigenvalue weighted by atomic mass is 16.7. The zero-order valence-corrected chi connectivity index (χ0v) is 10.5. The first-order valence-electron chi connectivity index (χ1n) is 5.41. The molecule has 0 fully saturated rings. The number of ether oxygens (including phenoxy) is 2. The lowest BCUT2D eigenvalue weighted by Crippen LogP contribution is -2.36. The maximum atomic E-state index is 11.3. The van der Waals surface area contributed by atoms with Crippen molar-refractivity contribution in [1.29, 1.82) is 0 Å². The topological polar surface area (TPSA) is 55.8 Å². The summed E-state index contributed by atoms with van der Waals surface area (Å²) >= 11 is 0. The molecule has 0 aliphatic carbocycles. The molecule has 0 bridgehead atoms. The van der Waals surface area contributed by atoms with Gasteiger partial charge in [-0.05, 0) is 5.41 Å². The number of aliphatic hydroxyl groups excluding tert-OH is 1. The number of carbonyl (C=O) groups excluding carboxylic acids is 1. The Morgan fingerprint density at radius 2 is 1.94 bits per heavy atom. The van der Waals surface area contributed by atoms with Gasteiger partial charge in [0.15, 0.2) is 0 Å². The summed E-state index contributed by atoms with van der Waals surface area (Å²) in [5, 5.41) is 9.92. The van der Waals surface area contributed by atoms with Gasteiger partial charge in [-0.25, -0.2) is 4.79 Å². The summed E-state index contributed by atoms with van der Waals surface area (Å²) in [6.07, 6.45) is 1.06. The zero-order valence-electron chi connectivity index (χ0n) is 10.5. The van der Waals surface area contributed by atoms with Crippen molar-refractivity contribution in [2.75, 3.05) is 0 Å². The average molecular weight is 228 g/mol. The standard InChI is InChI=1S/C12H20O4/c1-11(2,3)9(13)6-8-7-10(14)16-12(4,5)15-8/h7,9,13H,6H2,1-5H3. The van der Waals surface area contributed by atoms with Crippen molar-refractivity contribution in [2.45, 2.75) is 52.9 Å². The van der Waals surface area contributed by atoms with E-state index in [0.29, 0.717) is 12.2 Å². The SMILES string of the molecule is CC1(C)OC(=O)C=C(CC(O)C(C)(C)C)O1. The fraction of sp³-hybridized carbons (Fsp3) is 0.750. The lowest BCUT2D eigenvalue weighted by molar-refractivity contribution is -0.207. The van der Waals surface area contributed by atoms with Crippen molar-refractivity contribution < 1.29 is 19.4 Å². The zero-order chi connectivity index (χ0) is 12.6. The van der Waals surface area contributed by atoms with Gasteiger partial charge in [0.05, 0.1) is 12.2 Å². The summed E-state index contributed by atoms with van der Waals surface area (Å²) in [6, 6.07) is 0. The van der Waals surface area contributed by atoms with Crippen molar-refractivity contribution in [1.82, 2.24) is 0 Å². The molecule has 0 radical (unpaired) electrons. The van der Waals surface area contributed by atoms with Gasteiger partial charge >= 0.3 is 5.97 Å². The molecule has 4 heteroatoms. The summed E-state index contributed by atoms with van der Waals surface area (Å²) in [7, 11) is 0. The Morgan fingerprint density at radius 1 is 1.38 bits per heavy atom. The van der Waals surface area contributed by atoms with E-state index in [1.807, 2.05) is 20.8 Å². The second-order valence-corrected chi connectivity index (χ2v) is 5.62. The predicted molar refractivity (Wildman–Crippen MR) is 59.4 cm³/mol. The van der Waals surface area contributed by atoms with Gasteiger partial charge in [0.1, 0.15) is 5.76 Å². The minimum Gasteiger partial charge on any atom is -0.457 e. The molecular weight excluding hydrogens is 208 g/mol. The molecule has 16 heavy (non-hydrogen) atoms. The van der Waals surface area contributed by atoms with E-state index >= 15 is 0 Å². The fourth-order valence-corrected chi connectivity index (χ4v) is 1.37. The van der Waals surface area contributed by atoms with Gasteiger partial charge in [-0.2, -0.15) is 0 Å². The van der Waals surface area contributed by atoms with Gasteiger partial charge in [-0.15, -0.1) is 0 Å². The molecule has 0 aromatic heterocycles. The van der Waals surface area contributed by atoms with Crippen LogP contribution < -0.4 is 0 Å². The smallest absolute Gasteiger partial charge is 0.337 e. The average Bonchev–Trinajstić information content (AvgIpc) is 1.97. The van der Waals surface area contributed by atoms with Crippen LogP contribution in [0.3, 0.4) is 0 Å². The maximum absolute atomic E-state index is 11.3. The third kappa shape index (κ3) is 3.52. The number of esters is 1. The van der Waals surface area contributed by atoms with E-state index in [4.69, 9.17) is 9.47 Å². The van der Waals surface area contributed by atoms with E-state index in [1.165, 1.54) is 6.08 Å². The van der Waals surface area contributed by atoms with E-state index in [9.17, 15) is 9.90 Å². The number of cyclic esters (lactones) is 1. The van der Waals surface area contributed by atoms with Crippen molar-refractivity contribution in [3.8, 4) is 0 Å². The molecule has 0 saturated heterocycles. The molecule has 1 aliphatic heterocycles. The van der Waals surface area contributed by atoms with Crippen LogP contribution in [-0.2, 0) is 14.3 Å². The Bertz CT molecular complexity index is 309. The van der Waals surface area contributed by atoms with Gasteiger partial charge in [0.25, 0.3) is 0 Å². The van der Waals surface area contributed by atoms with Crippen LogP contribution in [0.1, 0.15) is 41.0 Å². The van der Waals surface area contributed by atoms with Crippen molar-refractivity contribution >= 4 is 5.97 Å². The second-order valence-electron chi connectivity index (χ2n) is 5.62. The number of rotatable bonds is 2. The Hall–Kier alpha value is -1.03. The highest BCUT2D eigenvalue weighted by Crippen LogP contribution is 2.29. The predicted octanol–water partition coefficient (Wildman–Crippen LogP) is 1.98. The van der Waals surface area contributed by atoms with E-state index in [1.54, 1.807) is 13.8 Å². The molecular formula is C12H20O4. The first-order valence-corrected chi connectivity index (χ1v) is 5.41. The molecule has 1 aliphatic rings. The summed E-state index contributed by atoms with van der Waals surface area (Å²) < 4.78 is 10.4.